The number of carboxylic acid groups (broad SMARTS) is 1. The number of anilines is 1. The van der Waals surface area contributed by atoms with Gasteiger partial charge >= 0.3 is 12.0 Å². The van der Waals surface area contributed by atoms with Gasteiger partial charge in [0.1, 0.15) is 0 Å². The van der Waals surface area contributed by atoms with E-state index in [-0.39, 0.29) is 24.9 Å². The van der Waals surface area contributed by atoms with Crippen molar-refractivity contribution in [2.45, 2.75) is 52.5 Å². The van der Waals surface area contributed by atoms with Crippen LogP contribution in [0.1, 0.15) is 67.4 Å². The third kappa shape index (κ3) is 9.49. The number of carboxylic acids is 1. The van der Waals surface area contributed by atoms with Crippen LogP contribution in [0.15, 0.2) is 48.5 Å². The molecule has 8 nitrogen and oxygen atoms in total. The Kier molecular flexibility index (Phi) is 11.3. The highest BCUT2D eigenvalue weighted by molar-refractivity contribution is 5.94. The highest BCUT2D eigenvalue weighted by Gasteiger charge is 2.19. The average molecular weight is 479 g/mol. The summed E-state index contributed by atoms with van der Waals surface area (Å²) in [5, 5.41) is 23.3. The largest absolute Gasteiger partial charge is 0.481 e. The molecule has 3 amide bonds. The number of carbonyl (C=O) groups excluding carboxylic acids is 2. The van der Waals surface area contributed by atoms with Crippen LogP contribution in [-0.4, -0.2) is 41.0 Å². The van der Waals surface area contributed by atoms with Crippen molar-refractivity contribution in [3.8, 4) is 6.07 Å². The first-order chi connectivity index (χ1) is 16.9. The number of rotatable bonds is 13. The Balaban J connectivity index is 2.13. The Morgan fingerprint density at radius 2 is 1.86 bits per heavy atom. The van der Waals surface area contributed by atoms with Crippen LogP contribution in [-0.2, 0) is 11.3 Å². The minimum Gasteiger partial charge on any atom is -0.481 e. The van der Waals surface area contributed by atoms with Gasteiger partial charge in [-0.1, -0.05) is 51.3 Å². The van der Waals surface area contributed by atoms with Gasteiger partial charge in [-0.3, -0.25) is 9.59 Å². The molecule has 0 radical (unpaired) electrons. The van der Waals surface area contributed by atoms with Gasteiger partial charge < -0.3 is 20.6 Å². The van der Waals surface area contributed by atoms with E-state index in [9.17, 15) is 14.4 Å². The van der Waals surface area contributed by atoms with Crippen LogP contribution < -0.4 is 10.6 Å². The fraction of sp³-hybridized carbons (Fsp3) is 0.407. The standard InChI is InChI=1S/C27H34N4O4/c1-3-5-7-20(4-2)18-31(27(35)30-24-9-6-8-22(16-24)17-28)19-21-10-12-23(13-11-21)26(34)29-15-14-25(32)33/h6,8-13,16,20H,3-5,7,14-15,18-19H2,1-2H3,(H,29,34)(H,30,35)(H,32,33). The fourth-order valence-corrected chi connectivity index (χ4v) is 3.68. The van der Waals surface area contributed by atoms with Crippen molar-refractivity contribution in [3.05, 3.63) is 65.2 Å². The lowest BCUT2D eigenvalue weighted by atomic mass is 9.98. The van der Waals surface area contributed by atoms with Crippen molar-refractivity contribution in [2.75, 3.05) is 18.4 Å². The van der Waals surface area contributed by atoms with Gasteiger partial charge in [-0.05, 0) is 48.2 Å². The summed E-state index contributed by atoms with van der Waals surface area (Å²) in [5.41, 5.74) is 2.34. The van der Waals surface area contributed by atoms with Gasteiger partial charge in [-0.15, -0.1) is 0 Å². The molecular formula is C27H34N4O4. The van der Waals surface area contributed by atoms with E-state index in [0.29, 0.717) is 35.8 Å². The number of nitrogens with zero attached hydrogens (tertiary/aromatic N) is 2. The van der Waals surface area contributed by atoms with Gasteiger partial charge in [0, 0.05) is 30.9 Å². The van der Waals surface area contributed by atoms with E-state index in [0.717, 1.165) is 31.2 Å². The third-order valence-electron chi connectivity index (χ3n) is 5.77. The van der Waals surface area contributed by atoms with Gasteiger partial charge in [0.25, 0.3) is 5.91 Å². The molecule has 2 aromatic carbocycles. The Bertz CT molecular complexity index is 1030. The molecule has 0 aliphatic rings. The molecule has 2 aromatic rings. The summed E-state index contributed by atoms with van der Waals surface area (Å²) in [7, 11) is 0. The Labute approximate surface area is 206 Å². The molecule has 3 N–H and O–H groups in total. The van der Waals surface area contributed by atoms with Gasteiger partial charge in [-0.25, -0.2) is 4.79 Å². The molecule has 0 aromatic heterocycles. The maximum atomic E-state index is 13.2. The number of amides is 3. The van der Waals surface area contributed by atoms with Crippen molar-refractivity contribution >= 4 is 23.6 Å². The second kappa shape index (κ2) is 14.4. The van der Waals surface area contributed by atoms with E-state index in [2.05, 4.69) is 30.6 Å². The summed E-state index contributed by atoms with van der Waals surface area (Å²) in [6.07, 6.45) is 4.06. The van der Waals surface area contributed by atoms with Crippen molar-refractivity contribution in [3.63, 3.8) is 0 Å². The van der Waals surface area contributed by atoms with Crippen LogP contribution in [0.5, 0.6) is 0 Å². The number of urea groups is 1. The lowest BCUT2D eigenvalue weighted by Gasteiger charge is -2.28. The lowest BCUT2D eigenvalue weighted by Crippen LogP contribution is -2.38. The van der Waals surface area contributed by atoms with E-state index < -0.39 is 5.97 Å². The number of hydrogen-bond donors (Lipinski definition) is 3. The van der Waals surface area contributed by atoms with Crippen LogP contribution in [0.25, 0.3) is 0 Å². The summed E-state index contributed by atoms with van der Waals surface area (Å²) in [6, 6.07) is 15.6. The monoisotopic (exact) mass is 478 g/mol. The summed E-state index contributed by atoms with van der Waals surface area (Å²) < 4.78 is 0. The molecule has 0 heterocycles. The van der Waals surface area contributed by atoms with Gasteiger partial charge in [0.2, 0.25) is 0 Å². The SMILES string of the molecule is CCCCC(CC)CN(Cc1ccc(C(=O)NCCC(=O)O)cc1)C(=O)Nc1cccc(C#N)c1. The van der Waals surface area contributed by atoms with Crippen LogP contribution in [0, 0.1) is 17.2 Å². The fourth-order valence-electron chi connectivity index (χ4n) is 3.68. The molecule has 8 heteroatoms. The first kappa shape index (κ1) is 27.4. The molecular weight excluding hydrogens is 444 g/mol. The van der Waals surface area contributed by atoms with Crippen molar-refractivity contribution in [1.82, 2.24) is 10.2 Å². The summed E-state index contributed by atoms with van der Waals surface area (Å²) in [4.78, 5) is 37.8. The molecule has 2 rings (SSSR count). The molecule has 0 saturated heterocycles. The first-order valence-corrected chi connectivity index (χ1v) is 12.0. The molecule has 1 atom stereocenters. The number of nitrogens with one attached hydrogen (secondary N) is 2. The van der Waals surface area contributed by atoms with Crippen molar-refractivity contribution in [1.29, 1.82) is 5.26 Å². The normalized spacial score (nSPS) is 11.2. The number of aliphatic carboxylic acids is 1. The Morgan fingerprint density at radius 3 is 2.49 bits per heavy atom. The quantitative estimate of drug-likeness (QED) is 0.373. The minimum atomic E-state index is -0.970. The molecule has 0 aliphatic carbocycles. The van der Waals surface area contributed by atoms with Crippen LogP contribution in [0.2, 0.25) is 0 Å². The molecule has 0 saturated carbocycles. The molecule has 1 unspecified atom stereocenters. The number of hydrogen-bond acceptors (Lipinski definition) is 4. The molecule has 0 bridgehead atoms. The molecule has 0 spiro atoms. The predicted molar refractivity (Wildman–Crippen MR) is 135 cm³/mol. The highest BCUT2D eigenvalue weighted by Crippen LogP contribution is 2.19. The third-order valence-corrected chi connectivity index (χ3v) is 5.77. The second-order valence-corrected chi connectivity index (χ2v) is 8.52. The van der Waals surface area contributed by atoms with E-state index >= 15 is 0 Å². The van der Waals surface area contributed by atoms with Crippen LogP contribution in [0.4, 0.5) is 10.5 Å². The van der Waals surface area contributed by atoms with E-state index in [1.807, 2.05) is 0 Å². The number of nitriles is 1. The molecule has 0 fully saturated rings. The lowest BCUT2D eigenvalue weighted by molar-refractivity contribution is -0.136. The molecule has 186 valence electrons. The Morgan fingerprint density at radius 1 is 1.11 bits per heavy atom. The highest BCUT2D eigenvalue weighted by atomic mass is 16.4. The number of benzene rings is 2. The number of carbonyl (C=O) groups is 3. The van der Waals surface area contributed by atoms with Gasteiger partial charge in [0.15, 0.2) is 0 Å². The van der Waals surface area contributed by atoms with E-state index in [1.54, 1.807) is 53.4 Å². The summed E-state index contributed by atoms with van der Waals surface area (Å²) in [5.74, 6) is -0.941. The maximum Gasteiger partial charge on any atom is 0.322 e. The Hall–Kier alpha value is -3.86. The summed E-state index contributed by atoms with van der Waals surface area (Å²) in [6.45, 7) is 5.31. The van der Waals surface area contributed by atoms with E-state index in [4.69, 9.17) is 10.4 Å². The maximum absolute atomic E-state index is 13.2. The zero-order chi connectivity index (χ0) is 25.6. The first-order valence-electron chi connectivity index (χ1n) is 12.0. The molecule has 0 aliphatic heterocycles. The van der Waals surface area contributed by atoms with Crippen molar-refractivity contribution in [2.24, 2.45) is 5.92 Å². The van der Waals surface area contributed by atoms with Gasteiger partial charge in [0.05, 0.1) is 18.1 Å². The zero-order valence-corrected chi connectivity index (χ0v) is 20.4. The number of unbranched alkanes of at least 4 members (excludes halogenated alkanes) is 1. The van der Waals surface area contributed by atoms with Crippen LogP contribution in [0.3, 0.4) is 0 Å². The average Bonchev–Trinajstić information content (AvgIpc) is 2.86. The minimum absolute atomic E-state index is 0.0625. The second-order valence-electron chi connectivity index (χ2n) is 8.52. The topological polar surface area (TPSA) is 123 Å². The summed E-state index contributed by atoms with van der Waals surface area (Å²) >= 11 is 0. The zero-order valence-electron chi connectivity index (χ0n) is 20.4. The molecule has 35 heavy (non-hydrogen) atoms. The van der Waals surface area contributed by atoms with Crippen LogP contribution >= 0.6 is 0 Å². The smallest absolute Gasteiger partial charge is 0.322 e. The van der Waals surface area contributed by atoms with Gasteiger partial charge in [-0.2, -0.15) is 5.26 Å². The van der Waals surface area contributed by atoms with E-state index in [1.165, 1.54) is 0 Å². The predicted octanol–water partition coefficient (Wildman–Crippen LogP) is 5.01. The van der Waals surface area contributed by atoms with Crippen molar-refractivity contribution < 1.29 is 19.5 Å².